The smallest absolute Gasteiger partial charge is 0.310 e. The molecule has 1 fully saturated rings. The summed E-state index contributed by atoms with van der Waals surface area (Å²) in [7, 11) is 0. The van der Waals surface area contributed by atoms with Crippen LogP contribution in [0.2, 0.25) is 0 Å². The predicted molar refractivity (Wildman–Crippen MR) is 109 cm³/mol. The van der Waals surface area contributed by atoms with E-state index in [0.29, 0.717) is 42.8 Å². The third-order valence-electron chi connectivity index (χ3n) is 4.84. The second-order valence-electron chi connectivity index (χ2n) is 6.72. The van der Waals surface area contributed by atoms with Crippen molar-refractivity contribution in [3.63, 3.8) is 0 Å². The molecule has 5 nitrogen and oxygen atoms in total. The molecule has 3 rings (SSSR count). The van der Waals surface area contributed by atoms with Crippen LogP contribution in [0.3, 0.4) is 0 Å². The van der Waals surface area contributed by atoms with Gasteiger partial charge in [0.25, 0.3) is 5.91 Å². The van der Waals surface area contributed by atoms with Gasteiger partial charge in [0, 0.05) is 28.7 Å². The number of amides is 1. The molecule has 0 aromatic heterocycles. The first-order valence-corrected chi connectivity index (χ1v) is 10.2. The minimum Gasteiger partial charge on any atom is -0.466 e. The molecule has 6 heteroatoms. The largest absolute Gasteiger partial charge is 0.466 e. The summed E-state index contributed by atoms with van der Waals surface area (Å²) >= 11 is 3.36. The number of likely N-dealkylation sites (tertiary alicyclic amines) is 1. The van der Waals surface area contributed by atoms with Gasteiger partial charge in [-0.15, -0.1) is 0 Å². The van der Waals surface area contributed by atoms with E-state index in [4.69, 9.17) is 4.74 Å². The van der Waals surface area contributed by atoms with Crippen molar-refractivity contribution >= 4 is 33.6 Å². The summed E-state index contributed by atoms with van der Waals surface area (Å²) in [4.78, 5) is 39.8. The molecule has 1 amide bonds. The molecule has 0 bridgehead atoms. The maximum Gasteiger partial charge on any atom is 0.310 e. The molecule has 1 aliphatic rings. The zero-order chi connectivity index (χ0) is 20.1. The Morgan fingerprint density at radius 1 is 1.07 bits per heavy atom. The molecule has 0 saturated carbocycles. The molecule has 0 unspecified atom stereocenters. The number of rotatable bonds is 5. The van der Waals surface area contributed by atoms with E-state index in [1.165, 1.54) is 0 Å². The molecule has 146 valence electrons. The number of esters is 1. The van der Waals surface area contributed by atoms with Crippen molar-refractivity contribution < 1.29 is 19.1 Å². The third kappa shape index (κ3) is 4.50. The van der Waals surface area contributed by atoms with Crippen molar-refractivity contribution in [1.82, 2.24) is 4.90 Å². The summed E-state index contributed by atoms with van der Waals surface area (Å²) in [6, 6.07) is 13.9. The van der Waals surface area contributed by atoms with Gasteiger partial charge in [0.15, 0.2) is 5.78 Å². The highest BCUT2D eigenvalue weighted by atomic mass is 79.9. The maximum absolute atomic E-state index is 13.2. The molecule has 1 aliphatic heterocycles. The summed E-state index contributed by atoms with van der Waals surface area (Å²) in [5, 5.41) is 0. The monoisotopic (exact) mass is 443 g/mol. The fourth-order valence-electron chi connectivity index (χ4n) is 3.41. The Bertz CT molecular complexity index is 878. The Labute approximate surface area is 172 Å². The number of hydrogen-bond donors (Lipinski definition) is 0. The first-order chi connectivity index (χ1) is 13.5. The Kier molecular flexibility index (Phi) is 6.62. The lowest BCUT2D eigenvalue weighted by Gasteiger charge is -2.32. The topological polar surface area (TPSA) is 63.7 Å². The number of nitrogens with zero attached hydrogens (tertiary/aromatic N) is 1. The van der Waals surface area contributed by atoms with E-state index in [0.717, 1.165) is 10.9 Å². The van der Waals surface area contributed by atoms with Crippen LogP contribution in [-0.4, -0.2) is 42.3 Å². The molecular weight excluding hydrogens is 422 g/mol. The van der Waals surface area contributed by atoms with Crippen molar-refractivity contribution in [3.8, 4) is 0 Å². The van der Waals surface area contributed by atoms with Gasteiger partial charge in [-0.25, -0.2) is 0 Å². The van der Waals surface area contributed by atoms with Gasteiger partial charge in [0.05, 0.1) is 18.1 Å². The standard InChI is InChI=1S/C22H22BrNO4/c1-2-28-22(27)16-6-5-13-24(14-16)21(26)19-8-4-3-7-18(19)20(25)15-9-11-17(23)12-10-15/h3-4,7-12,16H,2,5-6,13-14H2,1H3/t16-/m0/s1. The zero-order valence-corrected chi connectivity index (χ0v) is 17.3. The molecule has 1 atom stereocenters. The van der Waals surface area contributed by atoms with Crippen LogP contribution in [-0.2, 0) is 9.53 Å². The average Bonchev–Trinajstić information content (AvgIpc) is 2.73. The minimum atomic E-state index is -0.313. The van der Waals surface area contributed by atoms with Crippen molar-refractivity contribution in [2.45, 2.75) is 19.8 Å². The van der Waals surface area contributed by atoms with Crippen molar-refractivity contribution in [3.05, 3.63) is 69.7 Å². The highest BCUT2D eigenvalue weighted by Gasteiger charge is 2.31. The van der Waals surface area contributed by atoms with Crippen LogP contribution < -0.4 is 0 Å². The molecule has 0 aliphatic carbocycles. The number of halogens is 1. The number of benzene rings is 2. The molecule has 1 saturated heterocycles. The first-order valence-electron chi connectivity index (χ1n) is 9.36. The summed E-state index contributed by atoms with van der Waals surface area (Å²) in [6.45, 7) is 2.98. The Morgan fingerprint density at radius 3 is 2.43 bits per heavy atom. The van der Waals surface area contributed by atoms with Crippen LogP contribution in [0.4, 0.5) is 0 Å². The zero-order valence-electron chi connectivity index (χ0n) is 15.7. The second-order valence-corrected chi connectivity index (χ2v) is 7.64. The average molecular weight is 444 g/mol. The Hall–Kier alpha value is -2.47. The number of ether oxygens (including phenoxy) is 1. The van der Waals surface area contributed by atoms with Gasteiger partial charge in [-0.3, -0.25) is 14.4 Å². The lowest BCUT2D eigenvalue weighted by atomic mass is 9.94. The van der Waals surface area contributed by atoms with Gasteiger partial charge < -0.3 is 9.64 Å². The van der Waals surface area contributed by atoms with E-state index in [-0.39, 0.29) is 23.6 Å². The van der Waals surface area contributed by atoms with Crippen molar-refractivity contribution in [2.24, 2.45) is 5.92 Å². The van der Waals surface area contributed by atoms with E-state index in [1.807, 2.05) is 0 Å². The fraction of sp³-hybridized carbons (Fsp3) is 0.318. The van der Waals surface area contributed by atoms with Gasteiger partial charge in [0.2, 0.25) is 0 Å². The molecule has 0 N–H and O–H groups in total. The first kappa shape index (κ1) is 20.3. The van der Waals surface area contributed by atoms with Gasteiger partial charge in [-0.1, -0.05) is 34.1 Å². The van der Waals surface area contributed by atoms with Crippen LogP contribution >= 0.6 is 15.9 Å². The van der Waals surface area contributed by atoms with E-state index in [1.54, 1.807) is 60.4 Å². The van der Waals surface area contributed by atoms with Crippen LogP contribution in [0.5, 0.6) is 0 Å². The van der Waals surface area contributed by atoms with Crippen LogP contribution in [0, 0.1) is 5.92 Å². The second kappa shape index (κ2) is 9.15. The SMILES string of the molecule is CCOC(=O)[C@H]1CCCN(C(=O)c2ccccc2C(=O)c2ccc(Br)cc2)C1. The van der Waals surface area contributed by atoms with Gasteiger partial charge in [-0.2, -0.15) is 0 Å². The third-order valence-corrected chi connectivity index (χ3v) is 5.37. The lowest BCUT2D eigenvalue weighted by Crippen LogP contribution is -2.43. The van der Waals surface area contributed by atoms with Crippen LogP contribution in [0.15, 0.2) is 53.0 Å². The highest BCUT2D eigenvalue weighted by Crippen LogP contribution is 2.23. The van der Waals surface area contributed by atoms with E-state index in [9.17, 15) is 14.4 Å². The summed E-state index contributed by atoms with van der Waals surface area (Å²) in [5.74, 6) is -1.00. The van der Waals surface area contributed by atoms with Gasteiger partial charge in [-0.05, 0) is 50.1 Å². The number of carbonyl (C=O) groups is 3. The van der Waals surface area contributed by atoms with Gasteiger partial charge in [0.1, 0.15) is 0 Å². The summed E-state index contributed by atoms with van der Waals surface area (Å²) < 4.78 is 5.99. The van der Waals surface area contributed by atoms with Crippen LogP contribution in [0.1, 0.15) is 46.0 Å². The lowest BCUT2D eigenvalue weighted by molar-refractivity contribution is -0.149. The number of piperidine rings is 1. The summed E-state index contributed by atoms with van der Waals surface area (Å²) in [6.07, 6.45) is 1.44. The van der Waals surface area contributed by atoms with Gasteiger partial charge >= 0.3 is 5.97 Å². The van der Waals surface area contributed by atoms with Crippen LogP contribution in [0.25, 0.3) is 0 Å². The van der Waals surface area contributed by atoms with E-state index < -0.39 is 0 Å². The highest BCUT2D eigenvalue weighted by molar-refractivity contribution is 9.10. The molecule has 0 radical (unpaired) electrons. The number of hydrogen-bond acceptors (Lipinski definition) is 4. The maximum atomic E-state index is 13.2. The van der Waals surface area contributed by atoms with E-state index in [2.05, 4.69) is 15.9 Å². The van der Waals surface area contributed by atoms with E-state index >= 15 is 0 Å². The van der Waals surface area contributed by atoms with Crippen molar-refractivity contribution in [1.29, 1.82) is 0 Å². The molecule has 2 aromatic carbocycles. The fourth-order valence-corrected chi connectivity index (χ4v) is 3.67. The number of carbonyl (C=O) groups excluding carboxylic acids is 3. The summed E-state index contributed by atoms with van der Waals surface area (Å²) in [5.41, 5.74) is 1.25. The Balaban J connectivity index is 1.83. The quantitative estimate of drug-likeness (QED) is 0.515. The predicted octanol–water partition coefficient (Wildman–Crippen LogP) is 4.10. The molecule has 2 aromatic rings. The molecule has 28 heavy (non-hydrogen) atoms. The normalized spacial score (nSPS) is 16.5. The molecular formula is C22H22BrNO4. The minimum absolute atomic E-state index is 0.199. The molecule has 0 spiro atoms. The molecule has 1 heterocycles. The van der Waals surface area contributed by atoms with Crippen molar-refractivity contribution in [2.75, 3.05) is 19.7 Å². The number of ketones is 1. The Morgan fingerprint density at radius 2 is 1.75 bits per heavy atom.